The Morgan fingerprint density at radius 3 is 2.32 bits per heavy atom. The first-order chi connectivity index (χ1) is 12.0. The van der Waals surface area contributed by atoms with Crippen LogP contribution in [0.3, 0.4) is 0 Å². The predicted octanol–water partition coefficient (Wildman–Crippen LogP) is 2.16. The molecule has 2 aromatic carbocycles. The van der Waals surface area contributed by atoms with Crippen molar-refractivity contribution in [2.75, 3.05) is 11.4 Å². The van der Waals surface area contributed by atoms with Gasteiger partial charge >= 0.3 is 0 Å². The summed E-state index contributed by atoms with van der Waals surface area (Å²) in [6.45, 7) is 0.875. The maximum absolute atomic E-state index is 12.3. The van der Waals surface area contributed by atoms with Crippen molar-refractivity contribution in [3.8, 4) is 6.07 Å². The molecule has 1 amide bonds. The van der Waals surface area contributed by atoms with Gasteiger partial charge in [0.25, 0.3) is 0 Å². The molecule has 0 aromatic heterocycles. The highest BCUT2D eigenvalue weighted by Gasteiger charge is 2.21. The molecule has 2 aromatic rings. The summed E-state index contributed by atoms with van der Waals surface area (Å²) in [7, 11) is -3.64. The summed E-state index contributed by atoms with van der Waals surface area (Å²) in [6, 6.07) is 15.0. The van der Waals surface area contributed by atoms with E-state index in [1.165, 1.54) is 24.3 Å². The molecule has 1 heterocycles. The second-order valence-electron chi connectivity index (χ2n) is 5.78. The fraction of sp³-hybridized carbons (Fsp3) is 0.222. The summed E-state index contributed by atoms with van der Waals surface area (Å²) < 4.78 is 27.1. The van der Waals surface area contributed by atoms with Gasteiger partial charge in [0, 0.05) is 25.2 Å². The Balaban J connectivity index is 1.66. The molecule has 6 nitrogen and oxygen atoms in total. The lowest BCUT2D eigenvalue weighted by Gasteiger charge is -2.16. The Morgan fingerprint density at radius 1 is 1.08 bits per heavy atom. The van der Waals surface area contributed by atoms with E-state index >= 15 is 0 Å². The molecule has 1 fully saturated rings. The van der Waals surface area contributed by atoms with E-state index in [2.05, 4.69) is 4.72 Å². The maximum atomic E-state index is 12.3. The Kier molecular flexibility index (Phi) is 4.83. The van der Waals surface area contributed by atoms with E-state index in [0.717, 1.165) is 24.2 Å². The lowest BCUT2D eigenvalue weighted by atomic mass is 10.2. The number of benzene rings is 2. The fourth-order valence-electron chi connectivity index (χ4n) is 2.69. The van der Waals surface area contributed by atoms with Crippen LogP contribution < -0.4 is 9.62 Å². The highest BCUT2D eigenvalue weighted by atomic mass is 32.2. The number of nitrogens with zero attached hydrogens (tertiary/aromatic N) is 2. The summed E-state index contributed by atoms with van der Waals surface area (Å²) in [5, 5.41) is 8.76. The molecule has 0 radical (unpaired) electrons. The van der Waals surface area contributed by atoms with Crippen LogP contribution in [0.15, 0.2) is 53.4 Å². The number of nitriles is 1. The summed E-state index contributed by atoms with van der Waals surface area (Å²) in [5.41, 5.74) is 2.04. The molecule has 0 atom stereocenters. The van der Waals surface area contributed by atoms with Crippen molar-refractivity contribution in [3.63, 3.8) is 0 Å². The monoisotopic (exact) mass is 355 g/mol. The molecule has 3 rings (SSSR count). The van der Waals surface area contributed by atoms with Gasteiger partial charge in [0.1, 0.15) is 0 Å². The lowest BCUT2D eigenvalue weighted by molar-refractivity contribution is -0.117. The molecule has 25 heavy (non-hydrogen) atoms. The minimum Gasteiger partial charge on any atom is -0.312 e. The summed E-state index contributed by atoms with van der Waals surface area (Å²) in [4.78, 5) is 13.6. The number of amides is 1. The molecular formula is C18H17N3O3S. The Morgan fingerprint density at radius 2 is 1.76 bits per heavy atom. The number of anilines is 1. The number of rotatable bonds is 5. The molecular weight excluding hydrogens is 338 g/mol. The normalized spacial score (nSPS) is 14.5. The summed E-state index contributed by atoms with van der Waals surface area (Å²) >= 11 is 0. The van der Waals surface area contributed by atoms with Gasteiger partial charge in [-0.25, -0.2) is 13.1 Å². The van der Waals surface area contributed by atoms with Crippen LogP contribution in [0, 0.1) is 11.3 Å². The van der Waals surface area contributed by atoms with Gasteiger partial charge in [-0.15, -0.1) is 0 Å². The van der Waals surface area contributed by atoms with Gasteiger partial charge in [-0.1, -0.05) is 12.1 Å². The minimum absolute atomic E-state index is 0.116. The molecule has 0 saturated carbocycles. The van der Waals surface area contributed by atoms with Crippen LogP contribution in [0.25, 0.3) is 0 Å². The van der Waals surface area contributed by atoms with Crippen LogP contribution in [-0.4, -0.2) is 20.9 Å². The fourth-order valence-corrected chi connectivity index (χ4v) is 3.70. The standard InChI is InChI=1S/C18H17N3O3S/c19-12-14-5-9-17(10-6-14)25(23,24)20-13-15-3-7-16(8-4-15)21-11-1-2-18(21)22/h3-10,20H,1-2,11,13H2. The Hall–Kier alpha value is -2.69. The van der Waals surface area contributed by atoms with Crippen LogP contribution in [0.5, 0.6) is 0 Å². The van der Waals surface area contributed by atoms with Crippen LogP contribution >= 0.6 is 0 Å². The smallest absolute Gasteiger partial charge is 0.240 e. The third kappa shape index (κ3) is 3.87. The lowest BCUT2D eigenvalue weighted by Crippen LogP contribution is -2.24. The highest BCUT2D eigenvalue weighted by Crippen LogP contribution is 2.21. The first-order valence-electron chi connectivity index (χ1n) is 7.89. The quantitative estimate of drug-likeness (QED) is 0.890. The first kappa shape index (κ1) is 17.1. The number of carbonyl (C=O) groups is 1. The average molecular weight is 355 g/mol. The number of carbonyl (C=O) groups excluding carboxylic acids is 1. The molecule has 1 aliphatic rings. The van der Waals surface area contributed by atoms with Crippen molar-refractivity contribution < 1.29 is 13.2 Å². The minimum atomic E-state index is -3.64. The number of sulfonamides is 1. The van der Waals surface area contributed by atoms with E-state index in [9.17, 15) is 13.2 Å². The predicted molar refractivity (Wildman–Crippen MR) is 93.2 cm³/mol. The Labute approximate surface area is 146 Å². The largest absolute Gasteiger partial charge is 0.312 e. The zero-order chi connectivity index (χ0) is 17.9. The van der Waals surface area contributed by atoms with E-state index in [-0.39, 0.29) is 17.3 Å². The molecule has 128 valence electrons. The second-order valence-corrected chi connectivity index (χ2v) is 7.54. The van der Waals surface area contributed by atoms with Gasteiger partial charge in [0.15, 0.2) is 0 Å². The van der Waals surface area contributed by atoms with Gasteiger partial charge in [-0.05, 0) is 48.4 Å². The molecule has 1 aliphatic heterocycles. The summed E-state index contributed by atoms with van der Waals surface area (Å²) in [5.74, 6) is 0.120. The van der Waals surface area contributed by atoms with Crippen LogP contribution in [-0.2, 0) is 21.4 Å². The highest BCUT2D eigenvalue weighted by molar-refractivity contribution is 7.89. The van der Waals surface area contributed by atoms with E-state index in [1.807, 2.05) is 30.3 Å². The van der Waals surface area contributed by atoms with Crippen molar-refractivity contribution in [1.29, 1.82) is 5.26 Å². The van der Waals surface area contributed by atoms with E-state index in [1.54, 1.807) is 4.90 Å². The van der Waals surface area contributed by atoms with E-state index < -0.39 is 10.0 Å². The van der Waals surface area contributed by atoms with Crippen LogP contribution in [0.4, 0.5) is 5.69 Å². The van der Waals surface area contributed by atoms with Gasteiger partial charge in [-0.3, -0.25) is 4.79 Å². The van der Waals surface area contributed by atoms with Crippen molar-refractivity contribution in [2.24, 2.45) is 0 Å². The number of hydrogen-bond donors (Lipinski definition) is 1. The third-order valence-corrected chi connectivity index (χ3v) is 5.50. The Bertz CT molecular complexity index is 914. The van der Waals surface area contributed by atoms with Crippen molar-refractivity contribution in [3.05, 3.63) is 59.7 Å². The zero-order valence-electron chi connectivity index (χ0n) is 13.5. The van der Waals surface area contributed by atoms with Gasteiger partial charge < -0.3 is 4.90 Å². The van der Waals surface area contributed by atoms with Crippen LogP contribution in [0.2, 0.25) is 0 Å². The van der Waals surface area contributed by atoms with Crippen molar-refractivity contribution >= 4 is 21.6 Å². The zero-order valence-corrected chi connectivity index (χ0v) is 14.3. The van der Waals surface area contributed by atoms with Crippen molar-refractivity contribution in [1.82, 2.24) is 4.72 Å². The molecule has 0 aliphatic carbocycles. The van der Waals surface area contributed by atoms with Crippen molar-refractivity contribution in [2.45, 2.75) is 24.3 Å². The van der Waals surface area contributed by atoms with E-state index in [0.29, 0.717) is 12.0 Å². The van der Waals surface area contributed by atoms with Crippen LogP contribution in [0.1, 0.15) is 24.0 Å². The number of hydrogen-bond acceptors (Lipinski definition) is 4. The van der Waals surface area contributed by atoms with Gasteiger partial charge in [0.05, 0.1) is 16.5 Å². The van der Waals surface area contributed by atoms with Gasteiger partial charge in [0.2, 0.25) is 15.9 Å². The molecule has 0 spiro atoms. The molecule has 0 unspecified atom stereocenters. The third-order valence-electron chi connectivity index (χ3n) is 4.08. The molecule has 7 heteroatoms. The first-order valence-corrected chi connectivity index (χ1v) is 9.37. The molecule has 0 bridgehead atoms. The van der Waals surface area contributed by atoms with Gasteiger partial charge in [-0.2, -0.15) is 5.26 Å². The SMILES string of the molecule is N#Cc1ccc(S(=O)(=O)NCc2ccc(N3CCCC3=O)cc2)cc1. The second kappa shape index (κ2) is 7.05. The number of nitrogens with one attached hydrogen (secondary N) is 1. The topological polar surface area (TPSA) is 90.3 Å². The molecule has 1 saturated heterocycles. The maximum Gasteiger partial charge on any atom is 0.240 e. The average Bonchev–Trinajstić information content (AvgIpc) is 3.06. The van der Waals surface area contributed by atoms with E-state index in [4.69, 9.17) is 5.26 Å². The molecule has 1 N–H and O–H groups in total. The summed E-state index contributed by atoms with van der Waals surface area (Å²) in [6.07, 6.45) is 1.44.